The van der Waals surface area contributed by atoms with E-state index in [0.717, 1.165) is 32.1 Å². The van der Waals surface area contributed by atoms with Gasteiger partial charge in [-0.25, -0.2) is 0 Å². The maximum absolute atomic E-state index is 12.2. The van der Waals surface area contributed by atoms with Crippen molar-refractivity contribution in [3.8, 4) is 0 Å². The molecule has 0 spiro atoms. The fourth-order valence-electron chi connectivity index (χ4n) is 2.60. The first-order valence-corrected chi connectivity index (χ1v) is 6.83. The lowest BCUT2D eigenvalue weighted by molar-refractivity contribution is -0.133. The first-order chi connectivity index (χ1) is 8.16. The third kappa shape index (κ3) is 3.42. The largest absolute Gasteiger partial charge is 0.344 e. The Balaban J connectivity index is 1.73. The summed E-state index contributed by atoms with van der Waals surface area (Å²) in [4.78, 5) is 16.3. The summed E-state index contributed by atoms with van der Waals surface area (Å²) in [5, 5.41) is 3.31. The van der Waals surface area contributed by atoms with Gasteiger partial charge in [0.2, 0.25) is 5.91 Å². The third-order valence-electron chi connectivity index (χ3n) is 4.15. The van der Waals surface area contributed by atoms with Gasteiger partial charge in [0.05, 0.1) is 6.04 Å². The number of carbonyl (C=O) groups excluding carboxylic acids is 1. The predicted molar refractivity (Wildman–Crippen MR) is 68.9 cm³/mol. The molecule has 0 aromatic carbocycles. The van der Waals surface area contributed by atoms with Gasteiger partial charge in [0.1, 0.15) is 0 Å². The van der Waals surface area contributed by atoms with Crippen LogP contribution in [0.25, 0.3) is 0 Å². The number of hydrogen-bond acceptors (Lipinski definition) is 3. The molecule has 0 aromatic heterocycles. The van der Waals surface area contributed by atoms with Gasteiger partial charge < -0.3 is 15.1 Å². The highest BCUT2D eigenvalue weighted by Gasteiger charge is 2.26. The summed E-state index contributed by atoms with van der Waals surface area (Å²) >= 11 is 0. The SMILES string of the molecule is CN1CCNC(C(=O)N(C)CCC2CCC2)C1. The maximum Gasteiger partial charge on any atom is 0.240 e. The fourth-order valence-corrected chi connectivity index (χ4v) is 2.60. The van der Waals surface area contributed by atoms with Gasteiger partial charge in [-0.15, -0.1) is 0 Å². The maximum atomic E-state index is 12.2. The molecule has 1 aliphatic heterocycles. The molecule has 0 radical (unpaired) electrons. The first-order valence-electron chi connectivity index (χ1n) is 6.83. The van der Waals surface area contributed by atoms with Crippen molar-refractivity contribution in [1.82, 2.24) is 15.1 Å². The standard InChI is InChI=1S/C13H25N3O/c1-15-9-7-14-12(10-15)13(17)16(2)8-6-11-4-3-5-11/h11-12,14H,3-10H2,1-2H3. The molecular formula is C13H25N3O. The Morgan fingerprint density at radius 3 is 2.82 bits per heavy atom. The normalized spacial score (nSPS) is 26.6. The zero-order valence-corrected chi connectivity index (χ0v) is 11.1. The van der Waals surface area contributed by atoms with E-state index in [4.69, 9.17) is 0 Å². The topological polar surface area (TPSA) is 35.6 Å². The number of likely N-dealkylation sites (N-methyl/N-ethyl adjacent to an activating group) is 2. The third-order valence-corrected chi connectivity index (χ3v) is 4.15. The molecule has 1 aliphatic carbocycles. The monoisotopic (exact) mass is 239 g/mol. The quantitative estimate of drug-likeness (QED) is 0.778. The number of rotatable bonds is 4. The van der Waals surface area contributed by atoms with Crippen LogP contribution in [0, 0.1) is 5.92 Å². The molecule has 1 N–H and O–H groups in total. The highest BCUT2D eigenvalue weighted by atomic mass is 16.2. The van der Waals surface area contributed by atoms with E-state index in [1.807, 2.05) is 11.9 Å². The molecule has 2 fully saturated rings. The minimum Gasteiger partial charge on any atom is -0.344 e. The predicted octanol–water partition coefficient (Wildman–Crippen LogP) is 0.539. The molecule has 1 atom stereocenters. The van der Waals surface area contributed by atoms with E-state index in [1.54, 1.807) is 0 Å². The van der Waals surface area contributed by atoms with Crippen molar-refractivity contribution in [2.24, 2.45) is 5.92 Å². The van der Waals surface area contributed by atoms with Crippen LogP contribution in [0.1, 0.15) is 25.7 Å². The molecule has 1 heterocycles. The van der Waals surface area contributed by atoms with E-state index in [9.17, 15) is 4.79 Å². The molecule has 98 valence electrons. The Bertz CT molecular complexity index is 265. The van der Waals surface area contributed by atoms with Crippen molar-refractivity contribution in [2.45, 2.75) is 31.7 Å². The molecule has 0 bridgehead atoms. The van der Waals surface area contributed by atoms with Crippen LogP contribution < -0.4 is 5.32 Å². The lowest BCUT2D eigenvalue weighted by Gasteiger charge is -2.33. The van der Waals surface area contributed by atoms with Gasteiger partial charge in [0.25, 0.3) is 0 Å². The van der Waals surface area contributed by atoms with Crippen molar-refractivity contribution in [3.05, 3.63) is 0 Å². The number of piperazine rings is 1. The fraction of sp³-hybridized carbons (Fsp3) is 0.923. The van der Waals surface area contributed by atoms with Gasteiger partial charge in [-0.05, 0) is 19.4 Å². The lowest BCUT2D eigenvalue weighted by Crippen LogP contribution is -2.56. The second-order valence-electron chi connectivity index (χ2n) is 5.61. The summed E-state index contributed by atoms with van der Waals surface area (Å²) < 4.78 is 0. The Kier molecular flexibility index (Phi) is 4.40. The van der Waals surface area contributed by atoms with E-state index in [2.05, 4.69) is 17.3 Å². The summed E-state index contributed by atoms with van der Waals surface area (Å²) in [5.41, 5.74) is 0. The van der Waals surface area contributed by atoms with Gasteiger partial charge >= 0.3 is 0 Å². The van der Waals surface area contributed by atoms with Crippen LogP contribution >= 0.6 is 0 Å². The Morgan fingerprint density at radius 1 is 1.47 bits per heavy atom. The van der Waals surface area contributed by atoms with Crippen LogP contribution in [0.4, 0.5) is 0 Å². The average molecular weight is 239 g/mol. The molecule has 0 aromatic rings. The van der Waals surface area contributed by atoms with Crippen LogP contribution in [-0.2, 0) is 4.79 Å². The minimum atomic E-state index is 0.000130. The highest BCUT2D eigenvalue weighted by Crippen LogP contribution is 2.29. The van der Waals surface area contributed by atoms with Gasteiger partial charge in [0, 0.05) is 33.2 Å². The van der Waals surface area contributed by atoms with Crippen LogP contribution in [0.15, 0.2) is 0 Å². The molecule has 4 nitrogen and oxygen atoms in total. The van der Waals surface area contributed by atoms with Gasteiger partial charge in [-0.2, -0.15) is 0 Å². The molecule has 4 heteroatoms. The van der Waals surface area contributed by atoms with Crippen molar-refractivity contribution < 1.29 is 4.79 Å². The zero-order chi connectivity index (χ0) is 12.3. The second-order valence-corrected chi connectivity index (χ2v) is 5.61. The van der Waals surface area contributed by atoms with Crippen LogP contribution in [0.3, 0.4) is 0 Å². The summed E-state index contributed by atoms with van der Waals surface area (Å²) in [6, 6.07) is 0.000130. The van der Waals surface area contributed by atoms with Crippen LogP contribution in [0.2, 0.25) is 0 Å². The van der Waals surface area contributed by atoms with E-state index < -0.39 is 0 Å². The molecule has 1 saturated carbocycles. The van der Waals surface area contributed by atoms with Crippen LogP contribution in [0.5, 0.6) is 0 Å². The molecule has 2 aliphatic rings. The van der Waals surface area contributed by atoms with Gasteiger partial charge in [-0.1, -0.05) is 19.3 Å². The first kappa shape index (κ1) is 12.8. The van der Waals surface area contributed by atoms with Crippen molar-refractivity contribution in [1.29, 1.82) is 0 Å². The van der Waals surface area contributed by atoms with Gasteiger partial charge in [0.15, 0.2) is 0 Å². The number of nitrogens with one attached hydrogen (secondary N) is 1. The van der Waals surface area contributed by atoms with Crippen LogP contribution in [-0.4, -0.2) is 62.0 Å². The number of hydrogen-bond donors (Lipinski definition) is 1. The van der Waals surface area contributed by atoms with Crippen molar-refractivity contribution >= 4 is 5.91 Å². The smallest absolute Gasteiger partial charge is 0.240 e. The summed E-state index contributed by atoms with van der Waals surface area (Å²) in [6.07, 6.45) is 5.31. The molecular weight excluding hydrogens is 214 g/mol. The number of nitrogens with zero attached hydrogens (tertiary/aromatic N) is 2. The van der Waals surface area contributed by atoms with E-state index in [-0.39, 0.29) is 11.9 Å². The van der Waals surface area contributed by atoms with E-state index in [0.29, 0.717) is 0 Å². The molecule has 1 amide bonds. The molecule has 2 rings (SSSR count). The summed E-state index contributed by atoms with van der Waals surface area (Å²) in [7, 11) is 4.02. The Morgan fingerprint density at radius 2 is 2.24 bits per heavy atom. The van der Waals surface area contributed by atoms with E-state index >= 15 is 0 Å². The zero-order valence-electron chi connectivity index (χ0n) is 11.1. The number of carbonyl (C=O) groups is 1. The van der Waals surface area contributed by atoms with Crippen molar-refractivity contribution in [2.75, 3.05) is 40.3 Å². The molecule has 17 heavy (non-hydrogen) atoms. The minimum absolute atomic E-state index is 0.000130. The highest BCUT2D eigenvalue weighted by molar-refractivity contribution is 5.82. The number of amides is 1. The summed E-state index contributed by atoms with van der Waals surface area (Å²) in [6.45, 7) is 3.72. The average Bonchev–Trinajstić information content (AvgIpc) is 2.25. The Hall–Kier alpha value is -0.610. The Labute approximate surface area is 104 Å². The van der Waals surface area contributed by atoms with E-state index in [1.165, 1.54) is 25.7 Å². The lowest BCUT2D eigenvalue weighted by atomic mass is 9.83. The van der Waals surface area contributed by atoms with Crippen molar-refractivity contribution in [3.63, 3.8) is 0 Å². The molecule has 1 saturated heterocycles. The second kappa shape index (κ2) is 5.83. The molecule has 1 unspecified atom stereocenters. The summed E-state index contributed by atoms with van der Waals surface area (Å²) in [5.74, 6) is 1.14. The van der Waals surface area contributed by atoms with Gasteiger partial charge in [-0.3, -0.25) is 4.79 Å².